The lowest BCUT2D eigenvalue weighted by Crippen LogP contribution is -2.46. The van der Waals surface area contributed by atoms with Gasteiger partial charge in [-0.25, -0.2) is 4.98 Å². The first-order valence-corrected chi connectivity index (χ1v) is 13.3. The molecule has 2 heterocycles. The number of aromatic nitrogens is 1. The number of amides is 2. The van der Waals surface area contributed by atoms with Gasteiger partial charge in [0.1, 0.15) is 5.82 Å². The van der Waals surface area contributed by atoms with E-state index >= 15 is 0 Å². The standard InChI is InChI=1S/C29H40N4O2/c1-4-30-28(34)23-11-8-12-25(17-23)32-29(35)22-13-15-33(16-14-22)27-26(21-9-6-5-7-10-21)18-24(19-31-27)20(2)3/h5-7,9-10,18-20,22-23,25H,4,8,11-17H2,1-3H3,(H,30,34)(H,32,35)/t23-,25-/m0/s1. The maximum atomic E-state index is 13.1. The molecule has 2 aromatic rings. The zero-order valence-electron chi connectivity index (χ0n) is 21.4. The molecule has 6 heteroatoms. The molecular weight excluding hydrogens is 436 g/mol. The first-order valence-electron chi connectivity index (χ1n) is 13.3. The van der Waals surface area contributed by atoms with Crippen LogP contribution in [0, 0.1) is 11.8 Å². The third kappa shape index (κ3) is 6.22. The minimum Gasteiger partial charge on any atom is -0.356 e. The van der Waals surface area contributed by atoms with Crippen LogP contribution >= 0.6 is 0 Å². The number of pyridine rings is 1. The van der Waals surface area contributed by atoms with Crippen molar-refractivity contribution in [3.63, 3.8) is 0 Å². The number of benzene rings is 1. The van der Waals surface area contributed by atoms with Gasteiger partial charge in [0.05, 0.1) is 0 Å². The van der Waals surface area contributed by atoms with Gasteiger partial charge in [-0.05, 0) is 62.1 Å². The first-order chi connectivity index (χ1) is 17.0. The second-order valence-electron chi connectivity index (χ2n) is 10.4. The maximum absolute atomic E-state index is 13.1. The molecule has 1 aliphatic heterocycles. The number of carbonyl (C=O) groups excluding carboxylic acids is 2. The predicted molar refractivity (Wildman–Crippen MR) is 141 cm³/mol. The lowest BCUT2D eigenvalue weighted by Gasteiger charge is -2.35. The number of piperidine rings is 1. The Morgan fingerprint density at radius 2 is 1.77 bits per heavy atom. The Morgan fingerprint density at radius 3 is 2.46 bits per heavy atom. The molecule has 0 radical (unpaired) electrons. The fraction of sp³-hybridized carbons (Fsp3) is 0.552. The second-order valence-corrected chi connectivity index (χ2v) is 10.4. The fourth-order valence-electron chi connectivity index (χ4n) is 5.42. The van der Waals surface area contributed by atoms with Crippen LogP contribution in [0.2, 0.25) is 0 Å². The fourth-order valence-corrected chi connectivity index (χ4v) is 5.42. The monoisotopic (exact) mass is 476 g/mol. The smallest absolute Gasteiger partial charge is 0.223 e. The van der Waals surface area contributed by atoms with Crippen LogP contribution in [-0.2, 0) is 9.59 Å². The van der Waals surface area contributed by atoms with E-state index in [2.05, 4.69) is 59.7 Å². The van der Waals surface area contributed by atoms with Crippen LogP contribution in [0.25, 0.3) is 11.1 Å². The summed E-state index contributed by atoms with van der Waals surface area (Å²) in [6, 6.07) is 12.8. The summed E-state index contributed by atoms with van der Waals surface area (Å²) >= 11 is 0. The van der Waals surface area contributed by atoms with Crippen LogP contribution in [0.3, 0.4) is 0 Å². The summed E-state index contributed by atoms with van der Waals surface area (Å²) in [6.07, 6.45) is 7.27. The Hall–Kier alpha value is -2.89. The molecule has 1 aromatic heterocycles. The van der Waals surface area contributed by atoms with Gasteiger partial charge in [0, 0.05) is 49.3 Å². The van der Waals surface area contributed by atoms with E-state index in [1.807, 2.05) is 19.2 Å². The number of nitrogens with zero attached hydrogens (tertiary/aromatic N) is 2. The van der Waals surface area contributed by atoms with Crippen molar-refractivity contribution in [2.24, 2.45) is 11.8 Å². The molecule has 2 aliphatic rings. The topological polar surface area (TPSA) is 74.3 Å². The quantitative estimate of drug-likeness (QED) is 0.596. The molecule has 1 aliphatic carbocycles. The molecule has 2 atom stereocenters. The number of carbonyl (C=O) groups is 2. The van der Waals surface area contributed by atoms with Crippen molar-refractivity contribution >= 4 is 17.6 Å². The van der Waals surface area contributed by atoms with E-state index in [1.54, 1.807) is 0 Å². The minimum atomic E-state index is 0.0196. The van der Waals surface area contributed by atoms with Crippen LogP contribution in [0.1, 0.15) is 70.8 Å². The summed E-state index contributed by atoms with van der Waals surface area (Å²) in [5.74, 6) is 1.75. The summed E-state index contributed by atoms with van der Waals surface area (Å²) in [7, 11) is 0. The van der Waals surface area contributed by atoms with Crippen LogP contribution in [0.5, 0.6) is 0 Å². The molecule has 4 rings (SSSR count). The highest BCUT2D eigenvalue weighted by Gasteiger charge is 2.31. The zero-order valence-corrected chi connectivity index (χ0v) is 21.4. The van der Waals surface area contributed by atoms with Crippen molar-refractivity contribution in [2.45, 2.75) is 71.3 Å². The Balaban J connectivity index is 1.38. The van der Waals surface area contributed by atoms with Crippen molar-refractivity contribution in [3.05, 3.63) is 48.2 Å². The summed E-state index contributed by atoms with van der Waals surface area (Å²) < 4.78 is 0. The summed E-state index contributed by atoms with van der Waals surface area (Å²) in [4.78, 5) is 32.6. The summed E-state index contributed by atoms with van der Waals surface area (Å²) in [6.45, 7) is 8.63. The van der Waals surface area contributed by atoms with Crippen LogP contribution < -0.4 is 15.5 Å². The van der Waals surface area contributed by atoms with E-state index in [0.717, 1.165) is 57.4 Å². The van der Waals surface area contributed by atoms with Crippen molar-refractivity contribution < 1.29 is 9.59 Å². The molecular formula is C29H40N4O2. The number of anilines is 1. The van der Waals surface area contributed by atoms with Gasteiger partial charge in [0.25, 0.3) is 0 Å². The molecule has 2 fully saturated rings. The Morgan fingerprint density at radius 1 is 1.03 bits per heavy atom. The van der Waals surface area contributed by atoms with E-state index in [9.17, 15) is 9.59 Å². The predicted octanol–water partition coefficient (Wildman–Crippen LogP) is 4.90. The molecule has 0 unspecified atom stereocenters. The average molecular weight is 477 g/mol. The van der Waals surface area contributed by atoms with Crippen molar-refractivity contribution in [1.82, 2.24) is 15.6 Å². The molecule has 1 aromatic carbocycles. The molecule has 6 nitrogen and oxygen atoms in total. The van der Waals surface area contributed by atoms with Gasteiger partial charge in [0.15, 0.2) is 0 Å². The largest absolute Gasteiger partial charge is 0.356 e. The van der Waals surface area contributed by atoms with Crippen molar-refractivity contribution in [3.8, 4) is 11.1 Å². The lowest BCUT2D eigenvalue weighted by molar-refractivity contribution is -0.129. The van der Waals surface area contributed by atoms with E-state index in [0.29, 0.717) is 12.5 Å². The van der Waals surface area contributed by atoms with Gasteiger partial charge in [0.2, 0.25) is 11.8 Å². The van der Waals surface area contributed by atoms with E-state index in [4.69, 9.17) is 4.98 Å². The molecule has 1 saturated heterocycles. The second kappa shape index (κ2) is 11.7. The van der Waals surface area contributed by atoms with E-state index in [1.165, 1.54) is 16.7 Å². The molecule has 0 bridgehead atoms. The van der Waals surface area contributed by atoms with Gasteiger partial charge >= 0.3 is 0 Å². The molecule has 188 valence electrons. The Kier molecular flexibility index (Phi) is 8.42. The van der Waals surface area contributed by atoms with Crippen molar-refractivity contribution in [2.75, 3.05) is 24.5 Å². The van der Waals surface area contributed by atoms with Gasteiger partial charge in [-0.15, -0.1) is 0 Å². The number of hydrogen-bond donors (Lipinski definition) is 2. The first kappa shape index (κ1) is 25.2. The van der Waals surface area contributed by atoms with Crippen molar-refractivity contribution in [1.29, 1.82) is 0 Å². The third-order valence-electron chi connectivity index (χ3n) is 7.55. The number of hydrogen-bond acceptors (Lipinski definition) is 4. The Labute approximate surface area is 209 Å². The lowest BCUT2D eigenvalue weighted by atomic mass is 9.84. The SMILES string of the molecule is CCNC(=O)[C@H]1CCC[C@H](NC(=O)C2CCN(c3ncc(C(C)C)cc3-c3ccccc3)CC2)C1. The van der Waals surface area contributed by atoms with Gasteiger partial charge < -0.3 is 15.5 Å². The highest BCUT2D eigenvalue weighted by Crippen LogP contribution is 2.34. The van der Waals surface area contributed by atoms with E-state index < -0.39 is 0 Å². The van der Waals surface area contributed by atoms with Gasteiger partial charge in [-0.1, -0.05) is 50.6 Å². The summed E-state index contributed by atoms with van der Waals surface area (Å²) in [5.41, 5.74) is 3.58. The normalized spacial score (nSPS) is 21.1. The van der Waals surface area contributed by atoms with Crippen LogP contribution in [-0.4, -0.2) is 42.5 Å². The maximum Gasteiger partial charge on any atom is 0.223 e. The summed E-state index contributed by atoms with van der Waals surface area (Å²) in [5, 5.41) is 6.21. The highest BCUT2D eigenvalue weighted by molar-refractivity contribution is 5.81. The van der Waals surface area contributed by atoms with E-state index in [-0.39, 0.29) is 29.7 Å². The van der Waals surface area contributed by atoms with Gasteiger partial charge in [-0.3, -0.25) is 9.59 Å². The molecule has 35 heavy (non-hydrogen) atoms. The third-order valence-corrected chi connectivity index (χ3v) is 7.55. The molecule has 2 N–H and O–H groups in total. The molecule has 2 amide bonds. The van der Waals surface area contributed by atoms with Gasteiger partial charge in [-0.2, -0.15) is 0 Å². The highest BCUT2D eigenvalue weighted by atomic mass is 16.2. The van der Waals surface area contributed by atoms with Crippen LogP contribution in [0.4, 0.5) is 5.82 Å². The molecule has 0 spiro atoms. The zero-order chi connectivity index (χ0) is 24.8. The average Bonchev–Trinajstić information content (AvgIpc) is 2.89. The van der Waals surface area contributed by atoms with Crippen LogP contribution in [0.15, 0.2) is 42.6 Å². The molecule has 1 saturated carbocycles. The Bertz CT molecular complexity index is 999. The number of rotatable bonds is 7. The number of nitrogens with one attached hydrogen (secondary N) is 2. The minimum absolute atomic E-state index is 0.0196.